The quantitative estimate of drug-likeness (QED) is 0.728. The van der Waals surface area contributed by atoms with E-state index >= 15 is 0 Å². The first kappa shape index (κ1) is 18.7. The lowest BCUT2D eigenvalue weighted by molar-refractivity contribution is 0.0944. The molecular formula is C16H17FN2O5S. The lowest BCUT2D eigenvalue weighted by atomic mass is 10.2. The molecule has 0 unspecified atom stereocenters. The van der Waals surface area contributed by atoms with Crippen molar-refractivity contribution in [3.05, 3.63) is 53.8 Å². The predicted octanol–water partition coefficient (Wildman–Crippen LogP) is 1.86. The van der Waals surface area contributed by atoms with Crippen molar-refractivity contribution in [3.8, 4) is 11.5 Å². The fourth-order valence-corrected chi connectivity index (χ4v) is 2.88. The Morgan fingerprint density at radius 3 is 2.60 bits per heavy atom. The summed E-state index contributed by atoms with van der Waals surface area (Å²) < 4.78 is 48.3. The zero-order valence-corrected chi connectivity index (χ0v) is 14.4. The van der Waals surface area contributed by atoms with Crippen LogP contribution in [-0.4, -0.2) is 28.0 Å². The number of sulfonamides is 1. The molecule has 0 aliphatic rings. The van der Waals surface area contributed by atoms with E-state index in [1.54, 1.807) is 19.1 Å². The minimum Gasteiger partial charge on any atom is -0.497 e. The highest BCUT2D eigenvalue weighted by atomic mass is 32.2. The molecule has 2 aromatic rings. The molecule has 9 heteroatoms. The summed E-state index contributed by atoms with van der Waals surface area (Å²) >= 11 is 0. The van der Waals surface area contributed by atoms with Crippen LogP contribution in [0.5, 0.6) is 11.5 Å². The van der Waals surface area contributed by atoms with E-state index in [1.165, 1.54) is 25.3 Å². The van der Waals surface area contributed by atoms with Gasteiger partial charge in [0.15, 0.2) is 0 Å². The molecule has 0 saturated carbocycles. The summed E-state index contributed by atoms with van der Waals surface area (Å²) in [6.45, 7) is 2.22. The largest absolute Gasteiger partial charge is 0.497 e. The standard InChI is InChI=1S/C16H17FN2O5S/c1-3-24-13-6-4-5-11(9-13)16(20)18-19-25(21,22)15-10-12(23-2)7-8-14(15)17/h4-10,19H,3H2,1-2H3,(H,18,20). The van der Waals surface area contributed by atoms with Gasteiger partial charge in [-0.2, -0.15) is 0 Å². The SMILES string of the molecule is CCOc1cccc(C(=O)NNS(=O)(=O)c2cc(OC)ccc2F)c1. The van der Waals surface area contributed by atoms with Crippen molar-refractivity contribution in [2.24, 2.45) is 0 Å². The summed E-state index contributed by atoms with van der Waals surface area (Å²) in [5.41, 5.74) is 2.21. The van der Waals surface area contributed by atoms with E-state index in [1.807, 2.05) is 10.3 Å². The summed E-state index contributed by atoms with van der Waals surface area (Å²) in [5.74, 6) is -1.05. The van der Waals surface area contributed by atoms with Gasteiger partial charge in [0.25, 0.3) is 15.9 Å². The number of hydrogen-bond donors (Lipinski definition) is 2. The highest BCUT2D eigenvalue weighted by molar-refractivity contribution is 7.89. The lowest BCUT2D eigenvalue weighted by Crippen LogP contribution is -2.41. The Morgan fingerprint density at radius 2 is 1.92 bits per heavy atom. The monoisotopic (exact) mass is 368 g/mol. The van der Waals surface area contributed by atoms with Crippen LogP contribution in [0.15, 0.2) is 47.4 Å². The molecule has 0 fully saturated rings. The minimum absolute atomic E-state index is 0.164. The van der Waals surface area contributed by atoms with Crippen LogP contribution >= 0.6 is 0 Å². The average molecular weight is 368 g/mol. The van der Waals surface area contributed by atoms with Gasteiger partial charge in [0.2, 0.25) is 0 Å². The van der Waals surface area contributed by atoms with Gasteiger partial charge in [0, 0.05) is 11.6 Å². The van der Waals surface area contributed by atoms with Crippen molar-refractivity contribution in [3.63, 3.8) is 0 Å². The van der Waals surface area contributed by atoms with E-state index in [2.05, 4.69) is 0 Å². The number of carbonyl (C=O) groups is 1. The fraction of sp³-hybridized carbons (Fsp3) is 0.188. The van der Waals surface area contributed by atoms with E-state index in [-0.39, 0.29) is 11.3 Å². The van der Waals surface area contributed by atoms with Crippen molar-refractivity contribution < 1.29 is 27.1 Å². The minimum atomic E-state index is -4.32. The number of rotatable bonds is 7. The molecular weight excluding hydrogens is 351 g/mol. The van der Waals surface area contributed by atoms with Crippen molar-refractivity contribution in [2.75, 3.05) is 13.7 Å². The van der Waals surface area contributed by atoms with Crippen LogP contribution in [0.25, 0.3) is 0 Å². The Labute approximate surface area is 144 Å². The molecule has 0 radical (unpaired) electrons. The lowest BCUT2D eigenvalue weighted by Gasteiger charge is -2.11. The third-order valence-corrected chi connectivity index (χ3v) is 4.40. The summed E-state index contributed by atoms with van der Waals surface area (Å²) in [4.78, 5) is 13.3. The number of ether oxygens (including phenoxy) is 2. The Bertz CT molecular complexity index is 871. The summed E-state index contributed by atoms with van der Waals surface area (Å²) in [6, 6.07) is 9.45. The summed E-state index contributed by atoms with van der Waals surface area (Å²) in [7, 11) is -2.99. The van der Waals surface area contributed by atoms with Crippen molar-refractivity contribution >= 4 is 15.9 Å². The van der Waals surface area contributed by atoms with E-state index in [9.17, 15) is 17.6 Å². The molecule has 2 rings (SSSR count). The van der Waals surface area contributed by atoms with Gasteiger partial charge in [-0.3, -0.25) is 10.2 Å². The third kappa shape index (κ3) is 4.68. The van der Waals surface area contributed by atoms with Gasteiger partial charge in [-0.15, -0.1) is 4.83 Å². The van der Waals surface area contributed by atoms with Crippen molar-refractivity contribution in [1.82, 2.24) is 10.3 Å². The second-order valence-electron chi connectivity index (χ2n) is 4.82. The number of benzene rings is 2. The molecule has 0 aromatic heterocycles. The number of hydrazine groups is 1. The maximum atomic E-state index is 13.8. The number of methoxy groups -OCH3 is 1. The molecule has 0 saturated heterocycles. The van der Waals surface area contributed by atoms with Crippen LogP contribution < -0.4 is 19.7 Å². The first-order valence-electron chi connectivity index (χ1n) is 7.26. The van der Waals surface area contributed by atoms with E-state index < -0.39 is 26.6 Å². The van der Waals surface area contributed by atoms with Gasteiger partial charge in [-0.1, -0.05) is 6.07 Å². The number of hydrogen-bond acceptors (Lipinski definition) is 5. The average Bonchev–Trinajstić information content (AvgIpc) is 2.60. The van der Waals surface area contributed by atoms with Gasteiger partial charge >= 0.3 is 0 Å². The van der Waals surface area contributed by atoms with E-state index in [0.717, 1.165) is 12.1 Å². The number of halogens is 1. The summed E-state index contributed by atoms with van der Waals surface area (Å²) in [5, 5.41) is 0. The Balaban J connectivity index is 2.14. The first-order valence-corrected chi connectivity index (χ1v) is 8.74. The molecule has 0 aliphatic carbocycles. The molecule has 2 N–H and O–H groups in total. The molecule has 0 spiro atoms. The van der Waals surface area contributed by atoms with Gasteiger partial charge in [0.05, 0.1) is 13.7 Å². The Hall–Kier alpha value is -2.65. The van der Waals surface area contributed by atoms with Crippen LogP contribution in [-0.2, 0) is 10.0 Å². The maximum Gasteiger partial charge on any atom is 0.266 e. The van der Waals surface area contributed by atoms with Crippen LogP contribution in [0.4, 0.5) is 4.39 Å². The molecule has 0 aliphatic heterocycles. The fourth-order valence-electron chi connectivity index (χ4n) is 1.95. The number of nitrogens with one attached hydrogen (secondary N) is 2. The van der Waals surface area contributed by atoms with Crippen LogP contribution in [0.1, 0.15) is 17.3 Å². The molecule has 0 atom stereocenters. The van der Waals surface area contributed by atoms with E-state index in [4.69, 9.17) is 9.47 Å². The topological polar surface area (TPSA) is 93.7 Å². The molecule has 0 bridgehead atoms. The summed E-state index contributed by atoms with van der Waals surface area (Å²) in [6.07, 6.45) is 0. The second kappa shape index (κ2) is 7.95. The first-order chi connectivity index (χ1) is 11.9. The Morgan fingerprint density at radius 1 is 1.16 bits per heavy atom. The van der Waals surface area contributed by atoms with Crippen LogP contribution in [0, 0.1) is 5.82 Å². The van der Waals surface area contributed by atoms with Crippen LogP contribution in [0.2, 0.25) is 0 Å². The van der Waals surface area contributed by atoms with Gasteiger partial charge in [-0.05, 0) is 37.3 Å². The molecule has 25 heavy (non-hydrogen) atoms. The second-order valence-corrected chi connectivity index (χ2v) is 6.47. The highest BCUT2D eigenvalue weighted by Crippen LogP contribution is 2.20. The normalized spacial score (nSPS) is 11.0. The number of amides is 1. The van der Waals surface area contributed by atoms with Crippen molar-refractivity contribution in [2.45, 2.75) is 11.8 Å². The third-order valence-electron chi connectivity index (χ3n) is 3.13. The van der Waals surface area contributed by atoms with E-state index in [0.29, 0.717) is 12.4 Å². The molecule has 2 aromatic carbocycles. The van der Waals surface area contributed by atoms with Crippen molar-refractivity contribution in [1.29, 1.82) is 0 Å². The Kier molecular flexibility index (Phi) is 5.94. The van der Waals surface area contributed by atoms with Gasteiger partial charge in [0.1, 0.15) is 22.2 Å². The zero-order chi connectivity index (χ0) is 18.4. The van der Waals surface area contributed by atoms with Crippen LogP contribution in [0.3, 0.4) is 0 Å². The molecule has 0 heterocycles. The number of carbonyl (C=O) groups excluding carboxylic acids is 1. The smallest absolute Gasteiger partial charge is 0.266 e. The zero-order valence-electron chi connectivity index (χ0n) is 13.6. The molecule has 1 amide bonds. The van der Waals surface area contributed by atoms with Gasteiger partial charge in [-0.25, -0.2) is 12.8 Å². The predicted molar refractivity (Wildman–Crippen MR) is 88.4 cm³/mol. The molecule has 7 nitrogen and oxygen atoms in total. The highest BCUT2D eigenvalue weighted by Gasteiger charge is 2.21. The van der Waals surface area contributed by atoms with Gasteiger partial charge < -0.3 is 9.47 Å². The molecule has 134 valence electrons. The maximum absolute atomic E-state index is 13.8.